The second kappa shape index (κ2) is 8.54. The third-order valence-electron chi connectivity index (χ3n) is 6.61. The Bertz CT molecular complexity index is 1380. The van der Waals surface area contributed by atoms with Gasteiger partial charge in [0.1, 0.15) is 11.3 Å². The van der Waals surface area contributed by atoms with E-state index in [1.54, 1.807) is 6.20 Å². The average molecular weight is 437 g/mol. The fourth-order valence-electron chi connectivity index (χ4n) is 5.03. The molecule has 3 aromatic heterocycles. The Labute approximate surface area is 191 Å². The molecule has 8 heteroatoms. The summed E-state index contributed by atoms with van der Waals surface area (Å²) in [5.74, 6) is 2.22. The molecule has 0 radical (unpaired) electrons. The van der Waals surface area contributed by atoms with Crippen LogP contribution in [0.15, 0.2) is 60.9 Å². The Hall–Kier alpha value is -3.94. The molecule has 0 spiro atoms. The lowest BCUT2D eigenvalue weighted by Crippen LogP contribution is -2.13. The van der Waals surface area contributed by atoms with Crippen molar-refractivity contribution in [3.8, 4) is 22.5 Å². The standard InChI is InChI=1S/C25H24N8/c1-2-8-17(9-3-1)25-28-22-14-26-27-15-23(22)33(25)16-18-10-4-5-11-19(18)20-12-6-7-13-21(20)24-29-31-32-30-24/h4-7,10-15,17H,1-3,8-9,16H2,(H,29,30,31,32). The van der Waals surface area contributed by atoms with Crippen LogP contribution >= 0.6 is 0 Å². The van der Waals surface area contributed by atoms with Crippen molar-refractivity contribution in [2.75, 3.05) is 0 Å². The van der Waals surface area contributed by atoms with Crippen molar-refractivity contribution >= 4 is 11.0 Å². The van der Waals surface area contributed by atoms with Gasteiger partial charge in [-0.25, -0.2) is 4.98 Å². The van der Waals surface area contributed by atoms with Gasteiger partial charge in [-0.3, -0.25) is 0 Å². The van der Waals surface area contributed by atoms with E-state index in [1.165, 1.54) is 37.7 Å². The van der Waals surface area contributed by atoms with Crippen LogP contribution in [0.3, 0.4) is 0 Å². The maximum absolute atomic E-state index is 5.02. The molecule has 0 unspecified atom stereocenters. The van der Waals surface area contributed by atoms with Crippen LogP contribution in [-0.4, -0.2) is 40.4 Å². The van der Waals surface area contributed by atoms with Gasteiger partial charge in [0.15, 0.2) is 0 Å². The zero-order valence-electron chi connectivity index (χ0n) is 18.2. The summed E-state index contributed by atoms with van der Waals surface area (Å²) < 4.78 is 2.34. The van der Waals surface area contributed by atoms with E-state index in [-0.39, 0.29) is 0 Å². The van der Waals surface area contributed by atoms with E-state index in [2.05, 4.69) is 65.7 Å². The highest BCUT2D eigenvalue weighted by Crippen LogP contribution is 2.36. The van der Waals surface area contributed by atoms with Gasteiger partial charge in [0, 0.05) is 11.5 Å². The summed E-state index contributed by atoms with van der Waals surface area (Å²) in [6.45, 7) is 0.713. The predicted molar refractivity (Wildman–Crippen MR) is 125 cm³/mol. The fraction of sp³-hybridized carbons (Fsp3) is 0.280. The summed E-state index contributed by atoms with van der Waals surface area (Å²) in [4.78, 5) is 5.02. The van der Waals surface area contributed by atoms with Gasteiger partial charge >= 0.3 is 0 Å². The molecule has 1 N–H and O–H groups in total. The molecule has 1 fully saturated rings. The molecule has 0 atom stereocenters. The predicted octanol–water partition coefficient (Wildman–Crippen LogP) is 4.77. The van der Waals surface area contributed by atoms with Crippen molar-refractivity contribution in [1.29, 1.82) is 0 Å². The lowest BCUT2D eigenvalue weighted by molar-refractivity contribution is 0.420. The van der Waals surface area contributed by atoms with Gasteiger partial charge in [-0.1, -0.05) is 67.8 Å². The van der Waals surface area contributed by atoms with Gasteiger partial charge < -0.3 is 4.57 Å². The summed E-state index contributed by atoms with van der Waals surface area (Å²) in [5.41, 5.74) is 6.34. The van der Waals surface area contributed by atoms with E-state index in [1.807, 2.05) is 24.4 Å². The van der Waals surface area contributed by atoms with Gasteiger partial charge in [0.25, 0.3) is 0 Å². The molecule has 6 rings (SSSR count). The summed E-state index contributed by atoms with van der Waals surface area (Å²) in [7, 11) is 0. The summed E-state index contributed by atoms with van der Waals surface area (Å²) in [6, 6.07) is 16.7. The second-order valence-corrected chi connectivity index (χ2v) is 8.59. The van der Waals surface area contributed by atoms with Gasteiger partial charge in [0.05, 0.1) is 24.5 Å². The number of benzene rings is 2. The Morgan fingerprint density at radius 1 is 0.848 bits per heavy atom. The molecule has 5 aromatic rings. The maximum Gasteiger partial charge on any atom is 0.205 e. The first kappa shape index (κ1) is 19.7. The van der Waals surface area contributed by atoms with Gasteiger partial charge in [-0.15, -0.1) is 10.2 Å². The molecular weight excluding hydrogens is 412 g/mol. The minimum Gasteiger partial charge on any atom is -0.322 e. The number of aromatic nitrogens is 8. The summed E-state index contributed by atoms with van der Waals surface area (Å²) in [6.07, 6.45) is 9.83. The number of nitrogens with one attached hydrogen (secondary N) is 1. The van der Waals surface area contributed by atoms with E-state index in [4.69, 9.17) is 4.98 Å². The highest BCUT2D eigenvalue weighted by atomic mass is 15.5. The Morgan fingerprint density at radius 2 is 1.61 bits per heavy atom. The number of nitrogens with zero attached hydrogens (tertiary/aromatic N) is 7. The monoisotopic (exact) mass is 436 g/mol. The largest absolute Gasteiger partial charge is 0.322 e. The highest BCUT2D eigenvalue weighted by molar-refractivity contribution is 5.82. The van der Waals surface area contributed by atoms with Crippen molar-refractivity contribution in [2.45, 2.75) is 44.6 Å². The molecule has 8 nitrogen and oxygen atoms in total. The fourth-order valence-corrected chi connectivity index (χ4v) is 5.03. The van der Waals surface area contributed by atoms with E-state index in [0.717, 1.165) is 33.5 Å². The molecule has 0 aliphatic heterocycles. The quantitative estimate of drug-likeness (QED) is 0.426. The average Bonchev–Trinajstić information content (AvgIpc) is 3.54. The first-order valence-electron chi connectivity index (χ1n) is 11.5. The zero-order chi connectivity index (χ0) is 22.0. The van der Waals surface area contributed by atoms with Crippen molar-refractivity contribution in [1.82, 2.24) is 40.4 Å². The van der Waals surface area contributed by atoms with Crippen LogP contribution in [0.5, 0.6) is 0 Å². The van der Waals surface area contributed by atoms with E-state index in [9.17, 15) is 0 Å². The minimum absolute atomic E-state index is 0.477. The number of hydrogen-bond donors (Lipinski definition) is 1. The molecule has 2 aromatic carbocycles. The van der Waals surface area contributed by atoms with Crippen LogP contribution in [0.2, 0.25) is 0 Å². The number of H-pyrrole nitrogens is 1. The van der Waals surface area contributed by atoms with Crippen LogP contribution < -0.4 is 0 Å². The SMILES string of the molecule is c1ccc(-c2ccccc2-c2nn[nH]n2)c(Cn2c(C3CCCCC3)nc3cnncc32)c1. The van der Waals surface area contributed by atoms with Crippen molar-refractivity contribution in [3.05, 3.63) is 72.3 Å². The Morgan fingerprint density at radius 3 is 2.42 bits per heavy atom. The topological polar surface area (TPSA) is 98.1 Å². The Kier molecular flexibility index (Phi) is 5.10. The molecule has 0 saturated heterocycles. The molecule has 1 saturated carbocycles. The number of aromatic amines is 1. The summed E-state index contributed by atoms with van der Waals surface area (Å²) in [5, 5.41) is 23.0. The molecular formula is C25H24N8. The number of rotatable bonds is 5. The molecule has 0 amide bonds. The van der Waals surface area contributed by atoms with Gasteiger partial charge in [-0.2, -0.15) is 15.4 Å². The molecule has 1 aliphatic carbocycles. The molecule has 164 valence electrons. The highest BCUT2D eigenvalue weighted by Gasteiger charge is 2.23. The van der Waals surface area contributed by atoms with E-state index < -0.39 is 0 Å². The zero-order valence-corrected chi connectivity index (χ0v) is 18.2. The van der Waals surface area contributed by atoms with Crippen molar-refractivity contribution in [3.63, 3.8) is 0 Å². The van der Waals surface area contributed by atoms with Crippen LogP contribution in [-0.2, 0) is 6.54 Å². The maximum atomic E-state index is 5.02. The lowest BCUT2D eigenvalue weighted by Gasteiger charge is -2.23. The van der Waals surface area contributed by atoms with Crippen LogP contribution in [0.4, 0.5) is 0 Å². The van der Waals surface area contributed by atoms with Gasteiger partial charge in [-0.05, 0) is 34.7 Å². The lowest BCUT2D eigenvalue weighted by atomic mass is 9.88. The Balaban J connectivity index is 1.47. The molecule has 1 aliphatic rings. The molecule has 33 heavy (non-hydrogen) atoms. The van der Waals surface area contributed by atoms with Crippen LogP contribution in [0.25, 0.3) is 33.5 Å². The number of fused-ring (bicyclic) bond motifs is 1. The normalized spacial score (nSPS) is 14.7. The second-order valence-electron chi connectivity index (χ2n) is 8.59. The third kappa shape index (κ3) is 3.67. The first-order valence-corrected chi connectivity index (χ1v) is 11.5. The van der Waals surface area contributed by atoms with Crippen LogP contribution in [0.1, 0.15) is 49.4 Å². The number of hydrogen-bond acceptors (Lipinski definition) is 6. The van der Waals surface area contributed by atoms with Gasteiger partial charge in [0.2, 0.25) is 5.82 Å². The van der Waals surface area contributed by atoms with Crippen molar-refractivity contribution in [2.24, 2.45) is 0 Å². The number of imidazole rings is 1. The van der Waals surface area contributed by atoms with E-state index in [0.29, 0.717) is 18.3 Å². The minimum atomic E-state index is 0.477. The first-order chi connectivity index (χ1) is 16.4. The summed E-state index contributed by atoms with van der Waals surface area (Å²) >= 11 is 0. The molecule has 3 heterocycles. The smallest absolute Gasteiger partial charge is 0.205 e. The van der Waals surface area contributed by atoms with Crippen LogP contribution in [0, 0.1) is 0 Å². The van der Waals surface area contributed by atoms with E-state index >= 15 is 0 Å². The third-order valence-corrected chi connectivity index (χ3v) is 6.61. The number of tetrazole rings is 1. The molecule has 0 bridgehead atoms. The van der Waals surface area contributed by atoms with Crippen molar-refractivity contribution < 1.29 is 0 Å².